The van der Waals surface area contributed by atoms with Crippen LogP contribution in [-0.4, -0.2) is 37.7 Å². The van der Waals surface area contributed by atoms with Crippen LogP contribution in [0.5, 0.6) is 5.75 Å². The normalized spacial score (nSPS) is 10.6. The Hall–Kier alpha value is -1.32. The van der Waals surface area contributed by atoms with Gasteiger partial charge in [-0.05, 0) is 0 Å². The van der Waals surface area contributed by atoms with E-state index in [1.165, 1.54) is 4.26 Å². The first-order valence-electron chi connectivity index (χ1n) is 4.82. The third-order valence-electron chi connectivity index (χ3n) is 2.34. The minimum absolute atomic E-state index is 0.128. The molecule has 0 atom stereocenters. The topological polar surface area (TPSA) is 59.4 Å². The zero-order valence-corrected chi connectivity index (χ0v) is 10.5. The van der Waals surface area contributed by atoms with Gasteiger partial charge in [0.2, 0.25) is 0 Å². The average Bonchev–Trinajstić information content (AvgIpc) is 2.71. The van der Waals surface area contributed by atoms with E-state index in [0.717, 1.165) is 16.8 Å². The number of carboxylic acids is 1. The molecule has 0 spiro atoms. The minimum atomic E-state index is -0.788. The quantitative estimate of drug-likeness (QED) is 0.860. The van der Waals surface area contributed by atoms with Crippen LogP contribution in [0.25, 0.3) is 9.78 Å². The summed E-state index contributed by atoms with van der Waals surface area (Å²) in [6.07, 6.45) is 0.630. The molecular weight excluding hydrogens is 273 g/mol. The zero-order chi connectivity index (χ0) is 11.5. The van der Waals surface area contributed by atoms with Crippen LogP contribution in [0.4, 0.5) is 0 Å². The van der Waals surface area contributed by atoms with Crippen molar-refractivity contribution in [3.05, 3.63) is 22.8 Å². The molecule has 0 aliphatic carbocycles. The van der Waals surface area contributed by atoms with E-state index < -0.39 is 5.97 Å². The monoisotopic (exact) mass is 285 g/mol. The maximum atomic E-state index is 10.5. The second kappa shape index (κ2) is 4.68. The van der Waals surface area contributed by atoms with E-state index in [-0.39, 0.29) is 20.9 Å². The number of rotatable bonds is 4. The van der Waals surface area contributed by atoms with Crippen LogP contribution >= 0.6 is 0 Å². The van der Waals surface area contributed by atoms with Crippen molar-refractivity contribution >= 4 is 30.2 Å². The van der Waals surface area contributed by atoms with E-state index in [0.29, 0.717) is 6.42 Å². The summed E-state index contributed by atoms with van der Waals surface area (Å²) in [6, 6.07) is 3.90. The standard InChI is InChI=1S/C11H11NO3Se/c1-15-9-5-8-10(16-6-12-8)4-7(9)2-3-11(13)14/h4-6H,2-3H2,1H3,(H,13,14). The predicted octanol–water partition coefficient (Wildman–Crippen LogP) is 1.32. The molecule has 1 aromatic heterocycles. The summed E-state index contributed by atoms with van der Waals surface area (Å²) >= 11 is 0.277. The van der Waals surface area contributed by atoms with Crippen molar-refractivity contribution in [1.29, 1.82) is 0 Å². The van der Waals surface area contributed by atoms with Crippen molar-refractivity contribution in [3.8, 4) is 5.75 Å². The number of fused-ring (bicyclic) bond motifs is 1. The molecule has 0 unspecified atom stereocenters. The third kappa shape index (κ3) is 2.26. The number of hydrogen-bond donors (Lipinski definition) is 1. The first kappa shape index (κ1) is 11.2. The van der Waals surface area contributed by atoms with Gasteiger partial charge in [-0.15, -0.1) is 0 Å². The number of hydrogen-bond acceptors (Lipinski definition) is 3. The van der Waals surface area contributed by atoms with Gasteiger partial charge in [0.15, 0.2) is 0 Å². The summed E-state index contributed by atoms with van der Waals surface area (Å²) in [6.45, 7) is 0. The fourth-order valence-corrected chi connectivity index (χ4v) is 3.07. The van der Waals surface area contributed by atoms with Gasteiger partial charge < -0.3 is 0 Å². The molecule has 16 heavy (non-hydrogen) atoms. The third-order valence-corrected chi connectivity index (χ3v) is 4.00. The molecule has 1 aromatic carbocycles. The molecule has 1 heterocycles. The van der Waals surface area contributed by atoms with Crippen molar-refractivity contribution in [2.75, 3.05) is 7.11 Å². The Morgan fingerprint density at radius 1 is 1.56 bits per heavy atom. The van der Waals surface area contributed by atoms with Crippen molar-refractivity contribution < 1.29 is 14.6 Å². The summed E-state index contributed by atoms with van der Waals surface area (Å²) in [5, 5.41) is 10.6. The Kier molecular flexibility index (Phi) is 3.27. The van der Waals surface area contributed by atoms with Gasteiger partial charge in [0.25, 0.3) is 0 Å². The van der Waals surface area contributed by atoms with Crippen molar-refractivity contribution in [3.63, 3.8) is 0 Å². The van der Waals surface area contributed by atoms with Gasteiger partial charge in [0.05, 0.1) is 0 Å². The molecule has 2 aromatic rings. The first-order valence-corrected chi connectivity index (χ1v) is 6.67. The number of nitrogens with zero attached hydrogens (tertiary/aromatic N) is 1. The zero-order valence-electron chi connectivity index (χ0n) is 8.77. The average molecular weight is 284 g/mol. The van der Waals surface area contributed by atoms with Crippen molar-refractivity contribution in [2.45, 2.75) is 12.8 Å². The number of methoxy groups -OCH3 is 1. The first-order chi connectivity index (χ1) is 7.70. The van der Waals surface area contributed by atoms with Crippen LogP contribution < -0.4 is 4.74 Å². The van der Waals surface area contributed by atoms with Crippen LogP contribution in [-0.2, 0) is 11.2 Å². The molecule has 84 valence electrons. The molecule has 0 amide bonds. The number of ether oxygens (including phenoxy) is 1. The Morgan fingerprint density at radius 2 is 2.38 bits per heavy atom. The molecule has 0 saturated heterocycles. The Bertz CT molecular complexity index is 521. The van der Waals surface area contributed by atoms with E-state index >= 15 is 0 Å². The van der Waals surface area contributed by atoms with Gasteiger partial charge in [0.1, 0.15) is 0 Å². The van der Waals surface area contributed by atoms with E-state index in [2.05, 4.69) is 4.98 Å². The SMILES string of the molecule is COc1cc2nc[se]c2cc1CCC(=O)O. The summed E-state index contributed by atoms with van der Waals surface area (Å²) in [7, 11) is 1.59. The van der Waals surface area contributed by atoms with Crippen molar-refractivity contribution in [1.82, 2.24) is 4.98 Å². The fourth-order valence-electron chi connectivity index (χ4n) is 1.55. The molecular formula is C11H11NO3Se. The van der Waals surface area contributed by atoms with Gasteiger partial charge in [0, 0.05) is 0 Å². The van der Waals surface area contributed by atoms with Gasteiger partial charge in [-0.2, -0.15) is 0 Å². The number of aryl methyl sites for hydroxylation is 1. The molecule has 0 bridgehead atoms. The van der Waals surface area contributed by atoms with Gasteiger partial charge in [-0.1, -0.05) is 0 Å². The van der Waals surface area contributed by atoms with E-state index in [1.54, 1.807) is 7.11 Å². The van der Waals surface area contributed by atoms with Gasteiger partial charge in [-0.25, -0.2) is 0 Å². The van der Waals surface area contributed by atoms with E-state index in [9.17, 15) is 4.79 Å². The summed E-state index contributed by atoms with van der Waals surface area (Å²) in [4.78, 5) is 14.8. The Morgan fingerprint density at radius 3 is 3.06 bits per heavy atom. The molecule has 1 N–H and O–H groups in total. The molecule has 2 rings (SSSR count). The molecule has 0 radical (unpaired) electrons. The molecule has 0 aliphatic heterocycles. The molecule has 0 aliphatic rings. The van der Waals surface area contributed by atoms with E-state index in [1.807, 2.05) is 17.2 Å². The molecule has 0 saturated carbocycles. The van der Waals surface area contributed by atoms with Crippen LogP contribution in [0, 0.1) is 0 Å². The van der Waals surface area contributed by atoms with Gasteiger partial charge >= 0.3 is 98.3 Å². The van der Waals surface area contributed by atoms with Gasteiger partial charge in [-0.3, -0.25) is 0 Å². The number of carbonyl (C=O) groups is 1. The fraction of sp³-hybridized carbons (Fsp3) is 0.273. The second-order valence-corrected chi connectivity index (χ2v) is 5.24. The predicted molar refractivity (Wildman–Crippen MR) is 61.2 cm³/mol. The molecule has 5 heteroatoms. The molecule has 0 fully saturated rings. The summed E-state index contributed by atoms with van der Waals surface area (Å²) < 4.78 is 6.45. The van der Waals surface area contributed by atoms with Crippen molar-refractivity contribution in [2.24, 2.45) is 0 Å². The summed E-state index contributed by atoms with van der Waals surface area (Å²) in [5.41, 5.74) is 1.91. The van der Waals surface area contributed by atoms with Crippen LogP contribution in [0.2, 0.25) is 0 Å². The number of carboxylic acid groups (broad SMARTS) is 1. The number of aliphatic carboxylic acids is 1. The van der Waals surface area contributed by atoms with Crippen LogP contribution in [0.15, 0.2) is 17.2 Å². The van der Waals surface area contributed by atoms with Crippen LogP contribution in [0.1, 0.15) is 12.0 Å². The second-order valence-electron chi connectivity index (χ2n) is 3.38. The van der Waals surface area contributed by atoms with E-state index in [4.69, 9.17) is 9.84 Å². The molecule has 4 nitrogen and oxygen atoms in total. The summed E-state index contributed by atoms with van der Waals surface area (Å²) in [5.74, 6) is -0.0563. The van der Waals surface area contributed by atoms with Crippen LogP contribution in [0.3, 0.4) is 0 Å². The maximum absolute atomic E-state index is 10.5. The Balaban J connectivity index is 2.36. The number of benzene rings is 1. The Labute approximate surface area is 98.6 Å². The number of aromatic nitrogens is 1.